The molecule has 3 rings (SSSR count). The minimum absolute atomic E-state index is 0.00323. The quantitative estimate of drug-likeness (QED) is 0.311. The SMILES string of the molecule is O=S(=O)(O)C(c1ccccc1)(c1c(O)cc(O)cc1Cl)c1c(Cl)cc(Cl)cc1Cl. The molecule has 5 nitrogen and oxygen atoms in total. The van der Waals surface area contributed by atoms with E-state index in [2.05, 4.69) is 0 Å². The summed E-state index contributed by atoms with van der Waals surface area (Å²) in [5.74, 6) is -1.11. The van der Waals surface area contributed by atoms with Gasteiger partial charge in [-0.15, -0.1) is 0 Å². The topological polar surface area (TPSA) is 94.8 Å². The zero-order valence-electron chi connectivity index (χ0n) is 14.3. The molecule has 0 saturated carbocycles. The van der Waals surface area contributed by atoms with Crippen molar-refractivity contribution in [3.63, 3.8) is 0 Å². The molecule has 152 valence electrons. The summed E-state index contributed by atoms with van der Waals surface area (Å²) in [5.41, 5.74) is -0.699. The molecular formula is C19H12Cl4O5S. The predicted molar refractivity (Wildman–Crippen MR) is 114 cm³/mol. The highest BCUT2D eigenvalue weighted by Crippen LogP contribution is 2.54. The van der Waals surface area contributed by atoms with Crippen LogP contribution in [0, 0.1) is 0 Å². The summed E-state index contributed by atoms with van der Waals surface area (Å²) < 4.78 is 34.0. The Hall–Kier alpha value is -1.67. The van der Waals surface area contributed by atoms with Crippen molar-refractivity contribution in [2.45, 2.75) is 4.75 Å². The van der Waals surface area contributed by atoms with Gasteiger partial charge in [-0.1, -0.05) is 76.7 Å². The second kappa shape index (κ2) is 7.87. The van der Waals surface area contributed by atoms with Crippen LogP contribution < -0.4 is 0 Å². The van der Waals surface area contributed by atoms with Crippen LogP contribution in [0.25, 0.3) is 0 Å². The summed E-state index contributed by atoms with van der Waals surface area (Å²) in [6.45, 7) is 0. The van der Waals surface area contributed by atoms with Gasteiger partial charge in [0.25, 0.3) is 10.1 Å². The number of phenols is 2. The summed E-state index contributed by atoms with van der Waals surface area (Å²) in [6, 6.07) is 11.9. The van der Waals surface area contributed by atoms with Crippen molar-refractivity contribution < 1.29 is 23.2 Å². The lowest BCUT2D eigenvalue weighted by atomic mass is 9.83. The molecule has 0 spiro atoms. The van der Waals surface area contributed by atoms with Crippen molar-refractivity contribution in [3.8, 4) is 11.5 Å². The zero-order chi connectivity index (χ0) is 21.6. The molecule has 0 aliphatic heterocycles. The molecule has 3 aromatic carbocycles. The molecule has 0 radical (unpaired) electrons. The van der Waals surface area contributed by atoms with Gasteiger partial charge in [-0.25, -0.2) is 0 Å². The number of aromatic hydroxyl groups is 2. The maximum atomic E-state index is 13.0. The highest BCUT2D eigenvalue weighted by atomic mass is 35.5. The van der Waals surface area contributed by atoms with E-state index in [4.69, 9.17) is 46.4 Å². The van der Waals surface area contributed by atoms with Gasteiger partial charge in [0.1, 0.15) is 11.5 Å². The highest BCUT2D eigenvalue weighted by molar-refractivity contribution is 7.87. The van der Waals surface area contributed by atoms with Gasteiger partial charge in [0.15, 0.2) is 4.75 Å². The van der Waals surface area contributed by atoms with E-state index in [9.17, 15) is 23.2 Å². The van der Waals surface area contributed by atoms with E-state index in [-0.39, 0.29) is 31.2 Å². The first-order valence-corrected chi connectivity index (χ1v) is 10.8. The third kappa shape index (κ3) is 3.65. The van der Waals surface area contributed by atoms with Gasteiger partial charge in [0, 0.05) is 32.3 Å². The van der Waals surface area contributed by atoms with Gasteiger partial charge >= 0.3 is 0 Å². The van der Waals surface area contributed by atoms with Crippen LogP contribution in [-0.4, -0.2) is 23.2 Å². The Labute approximate surface area is 186 Å². The maximum absolute atomic E-state index is 13.0. The monoisotopic (exact) mass is 492 g/mol. The number of phenolic OH excluding ortho intramolecular Hbond substituents is 2. The van der Waals surface area contributed by atoms with E-state index in [1.807, 2.05) is 0 Å². The van der Waals surface area contributed by atoms with Gasteiger partial charge in [-0.3, -0.25) is 4.55 Å². The normalized spacial score (nSPS) is 13.8. The lowest BCUT2D eigenvalue weighted by Gasteiger charge is -2.35. The van der Waals surface area contributed by atoms with Crippen molar-refractivity contribution in [3.05, 3.63) is 91.4 Å². The smallest absolute Gasteiger partial charge is 0.283 e. The Morgan fingerprint density at radius 3 is 1.76 bits per heavy atom. The van der Waals surface area contributed by atoms with E-state index in [0.29, 0.717) is 0 Å². The first-order chi connectivity index (χ1) is 13.5. The highest BCUT2D eigenvalue weighted by Gasteiger charge is 2.53. The van der Waals surface area contributed by atoms with Crippen LogP contribution in [-0.2, 0) is 14.9 Å². The molecule has 3 N–H and O–H groups in total. The number of hydrogen-bond acceptors (Lipinski definition) is 4. The molecule has 29 heavy (non-hydrogen) atoms. The fourth-order valence-corrected chi connectivity index (χ4v) is 6.30. The molecule has 0 amide bonds. The Kier molecular flexibility index (Phi) is 5.98. The van der Waals surface area contributed by atoms with Crippen LogP contribution in [0.1, 0.15) is 16.7 Å². The summed E-state index contributed by atoms with van der Waals surface area (Å²) in [4.78, 5) is 0. The van der Waals surface area contributed by atoms with E-state index < -0.39 is 31.9 Å². The van der Waals surface area contributed by atoms with E-state index in [1.165, 1.54) is 36.4 Å². The minimum atomic E-state index is -5.14. The molecule has 0 fully saturated rings. The standard InChI is InChI=1S/C19H12Cl4O5S/c20-11-6-13(21)17(14(22)7-11)19(29(26,27)28,10-4-2-1-3-5-10)18-15(23)8-12(24)9-16(18)25/h1-9,24-25H,(H,26,27,28). The molecule has 0 aliphatic carbocycles. The number of benzene rings is 3. The molecule has 0 heterocycles. The van der Waals surface area contributed by atoms with Crippen molar-refractivity contribution in [1.29, 1.82) is 0 Å². The number of halogens is 4. The molecular weight excluding hydrogens is 482 g/mol. The van der Waals surface area contributed by atoms with Gasteiger partial charge in [-0.2, -0.15) is 8.42 Å². The summed E-state index contributed by atoms with van der Waals surface area (Å²) in [6.07, 6.45) is 0. The largest absolute Gasteiger partial charge is 0.508 e. The fourth-order valence-electron chi connectivity index (χ4n) is 3.30. The summed E-state index contributed by atoms with van der Waals surface area (Å²) in [5, 5.41) is 19.8. The lowest BCUT2D eigenvalue weighted by molar-refractivity contribution is 0.431. The van der Waals surface area contributed by atoms with Crippen molar-refractivity contribution >= 4 is 56.5 Å². The van der Waals surface area contributed by atoms with Crippen molar-refractivity contribution in [1.82, 2.24) is 0 Å². The predicted octanol–water partition coefficient (Wildman–Crippen LogP) is 5.89. The Morgan fingerprint density at radius 2 is 1.28 bits per heavy atom. The van der Waals surface area contributed by atoms with Crippen LogP contribution in [0.4, 0.5) is 0 Å². The number of rotatable bonds is 4. The van der Waals surface area contributed by atoms with Crippen molar-refractivity contribution in [2.75, 3.05) is 0 Å². The van der Waals surface area contributed by atoms with E-state index in [0.717, 1.165) is 12.1 Å². The molecule has 0 saturated heterocycles. The van der Waals surface area contributed by atoms with Gasteiger partial charge < -0.3 is 10.2 Å². The van der Waals surface area contributed by atoms with E-state index >= 15 is 0 Å². The minimum Gasteiger partial charge on any atom is -0.508 e. The fraction of sp³-hybridized carbons (Fsp3) is 0.0526. The van der Waals surface area contributed by atoms with Crippen LogP contribution >= 0.6 is 46.4 Å². The lowest BCUT2D eigenvalue weighted by Crippen LogP contribution is -2.39. The van der Waals surface area contributed by atoms with Gasteiger partial charge in [0.05, 0.1) is 5.02 Å². The van der Waals surface area contributed by atoms with Crippen LogP contribution in [0.2, 0.25) is 20.1 Å². The molecule has 0 bridgehead atoms. The second-order valence-electron chi connectivity index (χ2n) is 6.09. The first kappa shape index (κ1) is 22.0. The number of hydrogen-bond donors (Lipinski definition) is 3. The molecule has 0 aliphatic rings. The zero-order valence-corrected chi connectivity index (χ0v) is 18.1. The van der Waals surface area contributed by atoms with Crippen molar-refractivity contribution in [2.24, 2.45) is 0 Å². The molecule has 3 aromatic rings. The van der Waals surface area contributed by atoms with Gasteiger partial charge in [-0.05, 0) is 23.8 Å². The third-order valence-electron chi connectivity index (χ3n) is 4.33. The van der Waals surface area contributed by atoms with Crippen LogP contribution in [0.5, 0.6) is 11.5 Å². The Balaban J connectivity index is 2.67. The molecule has 10 heteroatoms. The molecule has 0 aromatic heterocycles. The maximum Gasteiger partial charge on any atom is 0.283 e. The van der Waals surface area contributed by atoms with E-state index in [1.54, 1.807) is 6.07 Å². The Bertz CT molecular complexity index is 1090. The summed E-state index contributed by atoms with van der Waals surface area (Å²) >= 11 is 24.9. The second-order valence-corrected chi connectivity index (χ2v) is 9.31. The molecule has 1 atom stereocenters. The average molecular weight is 494 g/mol. The van der Waals surface area contributed by atoms with Crippen LogP contribution in [0.15, 0.2) is 54.6 Å². The average Bonchev–Trinajstić information content (AvgIpc) is 2.58. The third-order valence-corrected chi connectivity index (χ3v) is 6.86. The van der Waals surface area contributed by atoms with Crippen LogP contribution in [0.3, 0.4) is 0 Å². The Morgan fingerprint density at radius 1 is 0.759 bits per heavy atom. The molecule has 1 unspecified atom stereocenters. The summed E-state index contributed by atoms with van der Waals surface area (Å²) in [7, 11) is -5.14. The van der Waals surface area contributed by atoms with Gasteiger partial charge in [0.2, 0.25) is 0 Å². The first-order valence-electron chi connectivity index (χ1n) is 7.89.